The number of allylic oxidation sites excluding steroid dienone is 1. The first kappa shape index (κ1) is 10.4. The molecule has 0 aromatic rings. The van der Waals surface area contributed by atoms with Crippen molar-refractivity contribution in [2.24, 2.45) is 10.1 Å². The maximum absolute atomic E-state index is 3.97. The van der Waals surface area contributed by atoms with Gasteiger partial charge in [0.2, 0.25) is 0 Å². The highest BCUT2D eigenvalue weighted by Crippen LogP contribution is 1.90. The first-order valence-electron chi connectivity index (χ1n) is 3.46. The third-order valence-corrected chi connectivity index (χ3v) is 1.08. The van der Waals surface area contributed by atoms with Crippen molar-refractivity contribution in [2.45, 2.75) is 0 Å². The number of aliphatic imine (C=N–C) groups is 1. The van der Waals surface area contributed by atoms with Gasteiger partial charge in [0.25, 0.3) is 0 Å². The lowest BCUT2D eigenvalue weighted by atomic mass is 10.5. The Morgan fingerprint density at radius 2 is 2.00 bits per heavy atom. The lowest BCUT2D eigenvalue weighted by Crippen LogP contribution is -2.18. The standard InChI is InChI=1S/C9H13N3/c1-5-8-11-12(4)9(6-2)10-7-3/h5-8H,1-3H2,4H3/b10-9?,11-8-. The van der Waals surface area contributed by atoms with Gasteiger partial charge in [0, 0.05) is 19.5 Å². The van der Waals surface area contributed by atoms with E-state index in [0.29, 0.717) is 5.84 Å². The van der Waals surface area contributed by atoms with E-state index in [9.17, 15) is 0 Å². The number of likely N-dealkylation sites (N-methyl/N-ethyl adjacent to an activating group) is 1. The van der Waals surface area contributed by atoms with Gasteiger partial charge >= 0.3 is 0 Å². The van der Waals surface area contributed by atoms with Crippen LogP contribution in [0.15, 0.2) is 48.2 Å². The molecule has 0 atom stereocenters. The van der Waals surface area contributed by atoms with E-state index < -0.39 is 0 Å². The number of hydrogen-bond acceptors (Lipinski definition) is 2. The van der Waals surface area contributed by atoms with Crippen molar-refractivity contribution in [2.75, 3.05) is 7.05 Å². The quantitative estimate of drug-likeness (QED) is 0.353. The van der Waals surface area contributed by atoms with Crippen LogP contribution in [-0.2, 0) is 0 Å². The van der Waals surface area contributed by atoms with Gasteiger partial charge in [-0.05, 0) is 12.2 Å². The second kappa shape index (κ2) is 6.09. The summed E-state index contributed by atoms with van der Waals surface area (Å²) < 4.78 is 0. The molecule has 3 nitrogen and oxygen atoms in total. The maximum atomic E-state index is 3.97. The summed E-state index contributed by atoms with van der Waals surface area (Å²) in [7, 11) is 1.77. The molecular weight excluding hydrogens is 150 g/mol. The Morgan fingerprint density at radius 1 is 1.33 bits per heavy atom. The van der Waals surface area contributed by atoms with Crippen LogP contribution in [0.2, 0.25) is 0 Å². The molecule has 0 spiro atoms. The van der Waals surface area contributed by atoms with E-state index in [1.165, 1.54) is 6.20 Å². The molecular formula is C9H13N3. The predicted molar refractivity (Wildman–Crippen MR) is 54.3 cm³/mol. The van der Waals surface area contributed by atoms with Crippen LogP contribution < -0.4 is 0 Å². The third-order valence-electron chi connectivity index (χ3n) is 1.08. The smallest absolute Gasteiger partial charge is 0.147 e. The van der Waals surface area contributed by atoms with E-state index in [4.69, 9.17) is 0 Å². The summed E-state index contributed by atoms with van der Waals surface area (Å²) >= 11 is 0. The molecule has 0 aliphatic carbocycles. The van der Waals surface area contributed by atoms with Crippen molar-refractivity contribution in [1.29, 1.82) is 0 Å². The number of nitrogens with zero attached hydrogens (tertiary/aromatic N) is 3. The minimum Gasteiger partial charge on any atom is -0.251 e. The molecule has 0 rings (SSSR count). The Hall–Kier alpha value is -1.64. The molecule has 0 radical (unpaired) electrons. The van der Waals surface area contributed by atoms with E-state index in [0.717, 1.165) is 0 Å². The van der Waals surface area contributed by atoms with Crippen LogP contribution in [0.1, 0.15) is 0 Å². The summed E-state index contributed by atoms with van der Waals surface area (Å²) in [5, 5.41) is 5.55. The Morgan fingerprint density at radius 3 is 2.42 bits per heavy atom. The molecule has 0 bridgehead atoms. The van der Waals surface area contributed by atoms with E-state index in [1.54, 1.807) is 30.4 Å². The number of hydrazone groups is 1. The van der Waals surface area contributed by atoms with Crippen molar-refractivity contribution in [3.63, 3.8) is 0 Å². The Kier molecular flexibility index (Phi) is 5.26. The molecule has 0 saturated heterocycles. The minimum atomic E-state index is 0.642. The van der Waals surface area contributed by atoms with Crippen LogP contribution in [0.4, 0.5) is 0 Å². The third kappa shape index (κ3) is 3.51. The van der Waals surface area contributed by atoms with E-state index >= 15 is 0 Å². The molecule has 0 aliphatic rings. The van der Waals surface area contributed by atoms with Gasteiger partial charge in [-0.1, -0.05) is 19.7 Å². The summed E-state index contributed by atoms with van der Waals surface area (Å²) in [6.07, 6.45) is 6.20. The summed E-state index contributed by atoms with van der Waals surface area (Å²) in [5.74, 6) is 0.642. The van der Waals surface area contributed by atoms with E-state index in [-0.39, 0.29) is 0 Å². The average molecular weight is 163 g/mol. The maximum Gasteiger partial charge on any atom is 0.147 e. The van der Waals surface area contributed by atoms with Gasteiger partial charge in [-0.2, -0.15) is 5.10 Å². The largest absolute Gasteiger partial charge is 0.251 e. The van der Waals surface area contributed by atoms with Crippen molar-refractivity contribution >= 4 is 12.1 Å². The van der Waals surface area contributed by atoms with Crippen molar-refractivity contribution in [1.82, 2.24) is 5.01 Å². The lowest BCUT2D eigenvalue weighted by Gasteiger charge is -2.10. The summed E-state index contributed by atoms with van der Waals surface area (Å²) in [6.45, 7) is 10.6. The SMILES string of the molecule is C=C/C=N\N(C)C(C=C)=NC=C. The highest BCUT2D eigenvalue weighted by molar-refractivity contribution is 5.93. The van der Waals surface area contributed by atoms with Crippen LogP contribution in [0, 0.1) is 0 Å². The zero-order valence-electron chi connectivity index (χ0n) is 7.27. The molecule has 0 amide bonds. The molecule has 12 heavy (non-hydrogen) atoms. The number of rotatable bonds is 4. The average Bonchev–Trinajstić information content (AvgIpc) is 2.10. The minimum absolute atomic E-state index is 0.642. The Bertz CT molecular complexity index is 226. The predicted octanol–water partition coefficient (Wildman–Crippen LogP) is 1.82. The highest BCUT2D eigenvalue weighted by Gasteiger charge is 1.95. The second-order valence-corrected chi connectivity index (χ2v) is 1.90. The first-order valence-corrected chi connectivity index (χ1v) is 3.46. The topological polar surface area (TPSA) is 28.0 Å². The zero-order valence-corrected chi connectivity index (χ0v) is 7.27. The Balaban J connectivity index is 4.40. The normalized spacial score (nSPS) is 11.2. The fourth-order valence-corrected chi connectivity index (χ4v) is 0.568. The van der Waals surface area contributed by atoms with E-state index in [1.807, 2.05) is 0 Å². The zero-order chi connectivity index (χ0) is 9.40. The van der Waals surface area contributed by atoms with Gasteiger partial charge in [-0.3, -0.25) is 5.01 Å². The molecule has 0 N–H and O–H groups in total. The molecule has 0 unspecified atom stereocenters. The van der Waals surface area contributed by atoms with Crippen molar-refractivity contribution in [3.05, 3.63) is 38.1 Å². The van der Waals surface area contributed by atoms with Gasteiger partial charge in [0.05, 0.1) is 0 Å². The van der Waals surface area contributed by atoms with Crippen LogP contribution in [-0.4, -0.2) is 24.1 Å². The Labute approximate surface area is 73.1 Å². The fourth-order valence-electron chi connectivity index (χ4n) is 0.568. The van der Waals surface area contributed by atoms with Gasteiger partial charge in [-0.25, -0.2) is 4.99 Å². The molecule has 0 aromatic heterocycles. The second-order valence-electron chi connectivity index (χ2n) is 1.90. The molecule has 0 aliphatic heterocycles. The molecule has 64 valence electrons. The van der Waals surface area contributed by atoms with Gasteiger partial charge < -0.3 is 0 Å². The number of amidine groups is 1. The molecule has 3 heteroatoms. The van der Waals surface area contributed by atoms with Crippen LogP contribution >= 0.6 is 0 Å². The van der Waals surface area contributed by atoms with Crippen LogP contribution in [0.5, 0.6) is 0 Å². The van der Waals surface area contributed by atoms with Gasteiger partial charge in [0.15, 0.2) is 0 Å². The molecule has 0 aromatic carbocycles. The van der Waals surface area contributed by atoms with Crippen molar-refractivity contribution < 1.29 is 0 Å². The lowest BCUT2D eigenvalue weighted by molar-refractivity contribution is 0.551. The van der Waals surface area contributed by atoms with Crippen LogP contribution in [0.3, 0.4) is 0 Å². The fraction of sp³-hybridized carbons (Fsp3) is 0.111. The first-order chi connectivity index (χ1) is 5.76. The highest BCUT2D eigenvalue weighted by atomic mass is 15.5. The van der Waals surface area contributed by atoms with E-state index in [2.05, 4.69) is 29.8 Å². The van der Waals surface area contributed by atoms with Crippen LogP contribution in [0.25, 0.3) is 0 Å². The monoisotopic (exact) mass is 163 g/mol. The number of hydrogen-bond donors (Lipinski definition) is 0. The van der Waals surface area contributed by atoms with Gasteiger partial charge in [-0.15, -0.1) is 0 Å². The van der Waals surface area contributed by atoms with Crippen molar-refractivity contribution in [3.8, 4) is 0 Å². The summed E-state index contributed by atoms with van der Waals surface area (Å²) in [4.78, 5) is 3.94. The summed E-state index contributed by atoms with van der Waals surface area (Å²) in [5.41, 5.74) is 0. The molecule has 0 heterocycles. The van der Waals surface area contributed by atoms with Gasteiger partial charge in [0.1, 0.15) is 5.84 Å². The summed E-state index contributed by atoms with van der Waals surface area (Å²) in [6, 6.07) is 0. The molecule has 0 saturated carbocycles. The molecule has 0 fully saturated rings.